The van der Waals surface area contributed by atoms with Gasteiger partial charge in [-0.2, -0.15) is 0 Å². The maximum absolute atomic E-state index is 12.2. The van der Waals surface area contributed by atoms with E-state index in [1.165, 1.54) is 30.4 Å². The van der Waals surface area contributed by atoms with Crippen molar-refractivity contribution >= 4 is 5.97 Å². The molecule has 1 aromatic rings. The molecule has 0 aromatic carbocycles. The third-order valence-electron chi connectivity index (χ3n) is 11.3. The number of H-pyrrole nitrogens is 1. The molecule has 0 unspecified atom stereocenters. The monoisotopic (exact) mass is 653 g/mol. The molecule has 1 saturated carbocycles. The summed E-state index contributed by atoms with van der Waals surface area (Å²) in [5, 5.41) is 47.1. The van der Waals surface area contributed by atoms with Crippen molar-refractivity contribution in [2.75, 3.05) is 6.54 Å². The second-order valence-corrected chi connectivity index (χ2v) is 15.0. The summed E-state index contributed by atoms with van der Waals surface area (Å²) in [5.41, 5.74) is 8.59. The van der Waals surface area contributed by atoms with Crippen molar-refractivity contribution in [1.29, 1.82) is 0 Å². The number of nitrogens with one attached hydrogen (secondary N) is 2. The number of allylic oxidation sites excluding steroid dienone is 3. The average molecular weight is 654 g/mol. The van der Waals surface area contributed by atoms with Crippen molar-refractivity contribution in [2.45, 2.75) is 141 Å². The summed E-state index contributed by atoms with van der Waals surface area (Å²) < 4.78 is 0. The maximum Gasteiger partial charge on any atom is 0.309 e. The van der Waals surface area contributed by atoms with Crippen molar-refractivity contribution < 1.29 is 25.2 Å². The Bertz CT molecular complexity index is 1210. The fraction of sp³-hybridized carbons (Fsp3) is 0.718. The van der Waals surface area contributed by atoms with Gasteiger partial charge in [-0.15, -0.1) is 0 Å². The predicted octanol–water partition coefficient (Wildman–Crippen LogP) is 6.52. The first-order valence-corrected chi connectivity index (χ1v) is 18.7. The minimum atomic E-state index is -1.00. The molecule has 8 atom stereocenters. The highest BCUT2D eigenvalue weighted by molar-refractivity contribution is 5.70. The maximum atomic E-state index is 12.2. The van der Waals surface area contributed by atoms with Crippen molar-refractivity contribution in [3.8, 4) is 0 Å². The number of aromatic nitrogens is 1. The smallest absolute Gasteiger partial charge is 0.309 e. The lowest BCUT2D eigenvalue weighted by atomic mass is 9.80. The molecule has 4 rings (SSSR count). The number of aliphatic hydroxyl groups is 3. The Kier molecular flexibility index (Phi) is 14.5. The molecule has 2 aliphatic carbocycles. The number of aromatic amines is 1. The first-order chi connectivity index (χ1) is 22.6. The molecule has 0 radical (unpaired) electrons. The van der Waals surface area contributed by atoms with Gasteiger partial charge in [0, 0.05) is 24.4 Å². The summed E-state index contributed by atoms with van der Waals surface area (Å²) in [4.78, 5) is 15.6. The van der Waals surface area contributed by atoms with E-state index in [1.807, 2.05) is 12.3 Å². The van der Waals surface area contributed by atoms with Gasteiger partial charge in [0.15, 0.2) is 0 Å². The average Bonchev–Trinajstić information content (AvgIpc) is 3.62. The molecule has 2 heterocycles. The number of hydrogen-bond acceptors (Lipinski definition) is 6. The number of rotatable bonds is 20. The van der Waals surface area contributed by atoms with E-state index in [0.29, 0.717) is 37.5 Å². The van der Waals surface area contributed by atoms with Crippen LogP contribution in [0.15, 0.2) is 48.0 Å². The van der Waals surface area contributed by atoms with Gasteiger partial charge in [0.25, 0.3) is 0 Å². The van der Waals surface area contributed by atoms with Crippen LogP contribution in [-0.4, -0.2) is 55.7 Å². The number of unbranched alkanes of at least 4 members (excludes halogenated alkanes) is 4. The third-order valence-corrected chi connectivity index (χ3v) is 11.3. The lowest BCUT2D eigenvalue weighted by Gasteiger charge is -2.32. The van der Waals surface area contributed by atoms with Gasteiger partial charge in [0.2, 0.25) is 0 Å². The van der Waals surface area contributed by atoms with Crippen LogP contribution in [0, 0.1) is 29.6 Å². The van der Waals surface area contributed by atoms with Crippen LogP contribution in [-0.2, 0) is 17.6 Å². The van der Waals surface area contributed by atoms with Gasteiger partial charge in [-0.05, 0) is 112 Å². The van der Waals surface area contributed by atoms with Crippen LogP contribution in [0.3, 0.4) is 0 Å². The number of aryl methyl sites for hydroxylation is 1. The molecule has 0 bridgehead atoms. The number of hydrogen-bond donors (Lipinski definition) is 7. The molecule has 0 amide bonds. The number of dihydropyridines is 1. The highest BCUT2D eigenvalue weighted by Crippen LogP contribution is 2.47. The minimum Gasteiger partial charge on any atom is -0.481 e. The Labute approximate surface area is 283 Å². The second-order valence-electron chi connectivity index (χ2n) is 15.0. The summed E-state index contributed by atoms with van der Waals surface area (Å²) in [5.74, 6) is -0.168. The fourth-order valence-corrected chi connectivity index (χ4v) is 8.42. The highest BCUT2D eigenvalue weighted by Gasteiger charge is 2.46. The molecule has 3 aliphatic rings. The van der Waals surface area contributed by atoms with Crippen molar-refractivity contribution in [2.24, 2.45) is 35.3 Å². The molecular weight excluding hydrogens is 590 g/mol. The molecular formula is C39H63N3O5. The topological polar surface area (TPSA) is 152 Å². The van der Waals surface area contributed by atoms with Gasteiger partial charge in [-0.25, -0.2) is 0 Å². The minimum absolute atomic E-state index is 0.0192. The van der Waals surface area contributed by atoms with E-state index < -0.39 is 23.6 Å². The van der Waals surface area contributed by atoms with Crippen LogP contribution in [0.5, 0.6) is 0 Å². The molecule has 8 N–H and O–H groups in total. The molecule has 1 aliphatic heterocycles. The molecule has 0 spiro atoms. The number of carboxylic acid groups (broad SMARTS) is 1. The van der Waals surface area contributed by atoms with Crippen LogP contribution < -0.4 is 11.1 Å². The second kappa shape index (κ2) is 18.3. The molecule has 8 heteroatoms. The highest BCUT2D eigenvalue weighted by atomic mass is 16.4. The largest absolute Gasteiger partial charge is 0.481 e. The molecule has 1 fully saturated rings. The van der Waals surface area contributed by atoms with Crippen LogP contribution in [0.1, 0.15) is 121 Å². The van der Waals surface area contributed by atoms with Gasteiger partial charge >= 0.3 is 5.97 Å². The van der Waals surface area contributed by atoms with E-state index in [2.05, 4.69) is 48.4 Å². The molecule has 0 saturated heterocycles. The molecule has 1 aromatic heterocycles. The van der Waals surface area contributed by atoms with Gasteiger partial charge in [0.05, 0.1) is 29.5 Å². The van der Waals surface area contributed by atoms with Gasteiger partial charge in [0.1, 0.15) is 0 Å². The van der Waals surface area contributed by atoms with Gasteiger partial charge in [-0.3, -0.25) is 4.79 Å². The Morgan fingerprint density at radius 1 is 1.06 bits per heavy atom. The molecule has 47 heavy (non-hydrogen) atoms. The standard InChI is InChI=1S/C39H63N3O5/c1-3-5-7-10-28-13-14-31(36(44)22-28)11-8-6-9-12-34(38(45)46)35(43)15-17-39(47)25-30(19-29-16-18-41-37(40)23-29)20-32(39)24-33-21-27(4-2)26-42-33/h13-14,16,21,23,26,28,30-32,34-36,41-44,47H,3-12,15,17-20,22,24-25,40H2,1-2H3,(H,45,46)/t28-,30-,31-,32+,34+,35-,36-,39+/m1/s1. The Morgan fingerprint density at radius 3 is 2.57 bits per heavy atom. The number of aliphatic hydroxyl groups excluding tert-OH is 2. The van der Waals surface area contributed by atoms with Crippen molar-refractivity contribution in [3.05, 3.63) is 59.2 Å². The molecule has 264 valence electrons. The lowest BCUT2D eigenvalue weighted by Crippen LogP contribution is -2.37. The molecule has 8 nitrogen and oxygen atoms in total. The van der Waals surface area contributed by atoms with Gasteiger partial charge < -0.3 is 36.5 Å². The van der Waals surface area contributed by atoms with Gasteiger partial charge in [-0.1, -0.05) is 70.6 Å². The Hall–Kier alpha value is -2.55. The van der Waals surface area contributed by atoms with Crippen LogP contribution in [0.2, 0.25) is 0 Å². The van der Waals surface area contributed by atoms with E-state index in [9.17, 15) is 25.2 Å². The zero-order valence-electron chi connectivity index (χ0n) is 29.0. The quantitative estimate of drug-likeness (QED) is 0.0625. The number of nitrogens with two attached hydrogens (primary N) is 1. The van der Waals surface area contributed by atoms with E-state index in [-0.39, 0.29) is 30.3 Å². The van der Waals surface area contributed by atoms with Crippen molar-refractivity contribution in [1.82, 2.24) is 10.3 Å². The summed E-state index contributed by atoms with van der Waals surface area (Å²) in [7, 11) is 0. The van der Waals surface area contributed by atoms with Crippen molar-refractivity contribution in [3.63, 3.8) is 0 Å². The number of carboxylic acids is 1. The number of aliphatic carboxylic acids is 1. The Balaban J connectivity index is 1.27. The van der Waals surface area contributed by atoms with Crippen LogP contribution in [0.25, 0.3) is 0 Å². The normalized spacial score (nSPS) is 28.8. The third kappa shape index (κ3) is 11.3. The predicted molar refractivity (Wildman–Crippen MR) is 188 cm³/mol. The van der Waals surface area contributed by atoms with Crippen LogP contribution >= 0.6 is 0 Å². The van der Waals surface area contributed by atoms with E-state index in [4.69, 9.17) is 5.73 Å². The van der Waals surface area contributed by atoms with E-state index in [1.54, 1.807) is 0 Å². The first-order valence-electron chi connectivity index (χ1n) is 18.7. The summed E-state index contributed by atoms with van der Waals surface area (Å²) in [6.45, 7) is 5.05. The number of carbonyl (C=O) groups is 1. The zero-order chi connectivity index (χ0) is 33.8. The van der Waals surface area contributed by atoms with Crippen LogP contribution in [0.4, 0.5) is 0 Å². The summed E-state index contributed by atoms with van der Waals surface area (Å²) in [6, 6.07) is 2.18. The zero-order valence-corrected chi connectivity index (χ0v) is 29.0. The summed E-state index contributed by atoms with van der Waals surface area (Å²) in [6.07, 6.45) is 23.6. The Morgan fingerprint density at radius 2 is 1.87 bits per heavy atom. The lowest BCUT2D eigenvalue weighted by molar-refractivity contribution is -0.146. The van der Waals surface area contributed by atoms with E-state index >= 15 is 0 Å². The van der Waals surface area contributed by atoms with E-state index in [0.717, 1.165) is 69.9 Å². The SMILES string of the molecule is CCCCC[C@@H]1C=C[C@@H](CCCCC[C@H](C(=O)O)[C@H](O)CC[C@]2(O)C[C@H](CC3=CCNC(N)=C3)C[C@H]2Cc2cc(CC)c[nH]2)[C@H](O)C1. The fourth-order valence-electron chi connectivity index (χ4n) is 8.42. The summed E-state index contributed by atoms with van der Waals surface area (Å²) >= 11 is 0. The first kappa shape index (κ1) is 37.3.